The molecule has 1 aromatic carbocycles. The van der Waals surface area contributed by atoms with Gasteiger partial charge in [-0.05, 0) is 25.5 Å². The molecule has 0 fully saturated rings. The van der Waals surface area contributed by atoms with Crippen LogP contribution in [0.15, 0.2) is 42.7 Å². The summed E-state index contributed by atoms with van der Waals surface area (Å²) in [4.78, 5) is 4.62. The fourth-order valence-electron chi connectivity index (χ4n) is 2.01. The third-order valence-corrected chi connectivity index (χ3v) is 3.19. The Morgan fingerprint density at radius 3 is 2.50 bits per heavy atom. The van der Waals surface area contributed by atoms with Crippen LogP contribution >= 0.6 is 0 Å². The lowest BCUT2D eigenvalue weighted by Gasteiger charge is -1.99. The summed E-state index contributed by atoms with van der Waals surface area (Å²) in [5.41, 5.74) is 12.0. The molecule has 0 bridgehead atoms. The van der Waals surface area contributed by atoms with Gasteiger partial charge in [0.1, 0.15) is 5.65 Å². The molecule has 3 heteroatoms. The van der Waals surface area contributed by atoms with Crippen molar-refractivity contribution in [2.75, 3.05) is 5.73 Å². The average molecular weight is 237 g/mol. The van der Waals surface area contributed by atoms with E-state index in [1.165, 1.54) is 5.56 Å². The third kappa shape index (κ3) is 1.74. The first-order valence-electron chi connectivity index (χ1n) is 5.95. The quantitative estimate of drug-likeness (QED) is 0.706. The molecule has 18 heavy (non-hydrogen) atoms. The lowest BCUT2D eigenvalue weighted by atomic mass is 10.1. The lowest BCUT2D eigenvalue weighted by Crippen LogP contribution is -1.93. The fourth-order valence-corrected chi connectivity index (χ4v) is 2.01. The smallest absolute Gasteiger partial charge is 0.137 e. The number of aryl methyl sites for hydroxylation is 2. The summed E-state index contributed by atoms with van der Waals surface area (Å²) in [7, 11) is 0. The third-order valence-electron chi connectivity index (χ3n) is 3.19. The van der Waals surface area contributed by atoms with E-state index in [9.17, 15) is 0 Å². The number of pyridine rings is 1. The second-order valence-corrected chi connectivity index (χ2v) is 4.67. The number of fused-ring (bicyclic) bond motifs is 1. The van der Waals surface area contributed by atoms with Crippen molar-refractivity contribution in [1.29, 1.82) is 0 Å². The standard InChI is InChI=1S/C15H15N3/c1-10-3-5-12(6-4-10)14-9-18-8-13(16)11(2)7-15(18)17-14/h3-9H,16H2,1-2H3. The van der Waals surface area contributed by atoms with Crippen molar-refractivity contribution >= 4 is 11.3 Å². The Labute approximate surface area is 106 Å². The molecule has 0 aliphatic heterocycles. The summed E-state index contributed by atoms with van der Waals surface area (Å²) in [6.07, 6.45) is 3.92. The van der Waals surface area contributed by atoms with Crippen LogP contribution in [-0.2, 0) is 0 Å². The molecule has 0 saturated carbocycles. The molecular weight excluding hydrogens is 222 g/mol. The molecular formula is C15H15N3. The zero-order chi connectivity index (χ0) is 12.7. The van der Waals surface area contributed by atoms with Gasteiger partial charge in [0.05, 0.1) is 11.4 Å². The van der Waals surface area contributed by atoms with Crippen molar-refractivity contribution in [3.8, 4) is 11.3 Å². The minimum Gasteiger partial charge on any atom is -0.397 e. The normalized spacial score (nSPS) is 11.0. The largest absolute Gasteiger partial charge is 0.397 e. The zero-order valence-electron chi connectivity index (χ0n) is 10.5. The van der Waals surface area contributed by atoms with Gasteiger partial charge >= 0.3 is 0 Å². The van der Waals surface area contributed by atoms with Crippen LogP contribution in [0.1, 0.15) is 11.1 Å². The van der Waals surface area contributed by atoms with Gasteiger partial charge in [0.2, 0.25) is 0 Å². The van der Waals surface area contributed by atoms with E-state index in [1.807, 2.05) is 29.8 Å². The molecule has 0 radical (unpaired) electrons. The van der Waals surface area contributed by atoms with Crippen molar-refractivity contribution in [2.45, 2.75) is 13.8 Å². The number of anilines is 1. The highest BCUT2D eigenvalue weighted by Gasteiger charge is 2.05. The van der Waals surface area contributed by atoms with E-state index in [-0.39, 0.29) is 0 Å². The molecule has 0 aliphatic carbocycles. The lowest BCUT2D eigenvalue weighted by molar-refractivity contribution is 1.18. The molecule has 0 amide bonds. The maximum atomic E-state index is 5.91. The number of benzene rings is 1. The molecule has 3 aromatic rings. The molecule has 3 rings (SSSR count). The van der Waals surface area contributed by atoms with Crippen LogP contribution < -0.4 is 5.73 Å². The summed E-state index contributed by atoms with van der Waals surface area (Å²) < 4.78 is 1.97. The number of nitrogens with zero attached hydrogens (tertiary/aromatic N) is 2. The number of hydrogen-bond acceptors (Lipinski definition) is 2. The number of nitrogens with two attached hydrogens (primary N) is 1. The molecule has 2 aromatic heterocycles. The average Bonchev–Trinajstić information content (AvgIpc) is 2.73. The summed E-state index contributed by atoms with van der Waals surface area (Å²) in [5, 5.41) is 0. The maximum absolute atomic E-state index is 5.91. The Hall–Kier alpha value is -2.29. The first-order valence-corrected chi connectivity index (χ1v) is 5.95. The highest BCUT2D eigenvalue weighted by Crippen LogP contribution is 2.21. The summed E-state index contributed by atoms with van der Waals surface area (Å²) in [5.74, 6) is 0. The van der Waals surface area contributed by atoms with Gasteiger partial charge in [0.25, 0.3) is 0 Å². The second kappa shape index (κ2) is 3.88. The highest BCUT2D eigenvalue weighted by atomic mass is 15.0. The monoisotopic (exact) mass is 237 g/mol. The molecule has 3 nitrogen and oxygen atoms in total. The SMILES string of the molecule is Cc1ccc(-c2cn3cc(N)c(C)cc3n2)cc1. The topological polar surface area (TPSA) is 43.3 Å². The van der Waals surface area contributed by atoms with E-state index in [2.05, 4.69) is 36.2 Å². The molecule has 2 heterocycles. The van der Waals surface area contributed by atoms with E-state index in [1.54, 1.807) is 0 Å². The summed E-state index contributed by atoms with van der Waals surface area (Å²) in [6.45, 7) is 4.08. The summed E-state index contributed by atoms with van der Waals surface area (Å²) in [6, 6.07) is 10.4. The molecule has 0 saturated heterocycles. The van der Waals surface area contributed by atoms with Gasteiger partial charge in [0, 0.05) is 18.0 Å². The van der Waals surface area contributed by atoms with Crippen LogP contribution in [0.4, 0.5) is 5.69 Å². The Bertz CT molecular complexity index is 669. The van der Waals surface area contributed by atoms with Gasteiger partial charge in [-0.1, -0.05) is 29.8 Å². The van der Waals surface area contributed by atoms with Crippen molar-refractivity contribution < 1.29 is 0 Å². The number of imidazole rings is 1. The molecule has 0 aliphatic rings. The number of aromatic nitrogens is 2. The Morgan fingerprint density at radius 1 is 1.06 bits per heavy atom. The van der Waals surface area contributed by atoms with E-state index in [0.29, 0.717) is 0 Å². The van der Waals surface area contributed by atoms with Crippen molar-refractivity contribution in [2.24, 2.45) is 0 Å². The fraction of sp³-hybridized carbons (Fsp3) is 0.133. The summed E-state index contributed by atoms with van der Waals surface area (Å²) >= 11 is 0. The van der Waals surface area contributed by atoms with Crippen molar-refractivity contribution in [3.05, 3.63) is 53.9 Å². The number of rotatable bonds is 1. The van der Waals surface area contributed by atoms with Gasteiger partial charge in [0.15, 0.2) is 0 Å². The molecule has 90 valence electrons. The van der Waals surface area contributed by atoms with E-state index >= 15 is 0 Å². The van der Waals surface area contributed by atoms with Crippen LogP contribution in [0, 0.1) is 13.8 Å². The van der Waals surface area contributed by atoms with E-state index in [0.717, 1.165) is 28.2 Å². The van der Waals surface area contributed by atoms with Gasteiger partial charge in [-0.25, -0.2) is 4.98 Å². The second-order valence-electron chi connectivity index (χ2n) is 4.67. The highest BCUT2D eigenvalue weighted by molar-refractivity contribution is 5.64. The number of nitrogen functional groups attached to an aromatic ring is 1. The molecule has 0 atom stereocenters. The minimum atomic E-state index is 0.787. The Kier molecular flexibility index (Phi) is 2.33. The number of hydrogen-bond donors (Lipinski definition) is 1. The van der Waals surface area contributed by atoms with Crippen molar-refractivity contribution in [3.63, 3.8) is 0 Å². The van der Waals surface area contributed by atoms with E-state index < -0.39 is 0 Å². The van der Waals surface area contributed by atoms with Gasteiger partial charge < -0.3 is 10.1 Å². The Morgan fingerprint density at radius 2 is 1.78 bits per heavy atom. The van der Waals surface area contributed by atoms with Crippen LogP contribution in [0.3, 0.4) is 0 Å². The van der Waals surface area contributed by atoms with Gasteiger partial charge in [-0.15, -0.1) is 0 Å². The van der Waals surface area contributed by atoms with Crippen LogP contribution in [0.2, 0.25) is 0 Å². The first-order chi connectivity index (χ1) is 8.63. The maximum Gasteiger partial charge on any atom is 0.137 e. The van der Waals surface area contributed by atoms with Crippen LogP contribution in [0.5, 0.6) is 0 Å². The molecule has 0 spiro atoms. The molecule has 2 N–H and O–H groups in total. The molecule has 0 unspecified atom stereocenters. The Balaban J connectivity index is 2.16. The predicted molar refractivity (Wildman–Crippen MR) is 74.5 cm³/mol. The predicted octanol–water partition coefficient (Wildman–Crippen LogP) is 3.20. The van der Waals surface area contributed by atoms with Gasteiger partial charge in [-0.3, -0.25) is 0 Å². The first kappa shape index (κ1) is 10.8. The van der Waals surface area contributed by atoms with Crippen molar-refractivity contribution in [1.82, 2.24) is 9.38 Å². The van der Waals surface area contributed by atoms with Gasteiger partial charge in [-0.2, -0.15) is 0 Å². The van der Waals surface area contributed by atoms with Crippen LogP contribution in [0.25, 0.3) is 16.9 Å². The minimum absolute atomic E-state index is 0.787. The van der Waals surface area contributed by atoms with Crippen LogP contribution in [-0.4, -0.2) is 9.38 Å². The van der Waals surface area contributed by atoms with E-state index in [4.69, 9.17) is 5.73 Å². The zero-order valence-corrected chi connectivity index (χ0v) is 10.5.